The van der Waals surface area contributed by atoms with Gasteiger partial charge in [0.2, 0.25) is 0 Å². The zero-order valence-corrected chi connectivity index (χ0v) is 6.71. The highest BCUT2D eigenvalue weighted by molar-refractivity contribution is 5.24. The molecule has 11 heavy (non-hydrogen) atoms. The van der Waals surface area contributed by atoms with Gasteiger partial charge in [-0.2, -0.15) is 0 Å². The fourth-order valence-corrected chi connectivity index (χ4v) is 0.872. The van der Waals surface area contributed by atoms with E-state index in [2.05, 4.69) is 11.4 Å². The van der Waals surface area contributed by atoms with Gasteiger partial charge in [0, 0.05) is 0 Å². The van der Waals surface area contributed by atoms with Gasteiger partial charge in [-0.1, -0.05) is 6.08 Å². The fraction of sp³-hybridized carbons (Fsp3) is 0.333. The standard InChI is InChI=1S/C9H13NO/c1-10-6-4-9-3-2-7-11-8-5-9/h2-3,5,7-8,10H,4,6H2,1H3. The van der Waals surface area contributed by atoms with Gasteiger partial charge >= 0.3 is 0 Å². The zero-order chi connectivity index (χ0) is 7.94. The molecule has 1 rings (SSSR count). The van der Waals surface area contributed by atoms with Gasteiger partial charge < -0.3 is 10.1 Å². The van der Waals surface area contributed by atoms with E-state index < -0.39 is 0 Å². The average Bonchev–Trinajstić information content (AvgIpc) is 2.28. The van der Waals surface area contributed by atoms with E-state index >= 15 is 0 Å². The first-order valence-electron chi connectivity index (χ1n) is 3.76. The lowest BCUT2D eigenvalue weighted by molar-refractivity contribution is 0.403. The van der Waals surface area contributed by atoms with Crippen LogP contribution in [0.3, 0.4) is 0 Å². The van der Waals surface area contributed by atoms with Crippen molar-refractivity contribution in [1.82, 2.24) is 5.32 Å². The Bertz CT molecular complexity index is 192. The van der Waals surface area contributed by atoms with E-state index in [4.69, 9.17) is 4.74 Å². The summed E-state index contributed by atoms with van der Waals surface area (Å²) >= 11 is 0. The van der Waals surface area contributed by atoms with E-state index in [0.29, 0.717) is 0 Å². The molecule has 0 saturated carbocycles. The predicted molar refractivity (Wildman–Crippen MR) is 46.0 cm³/mol. The molecule has 60 valence electrons. The first-order chi connectivity index (χ1) is 5.43. The Labute approximate surface area is 67.2 Å². The van der Waals surface area contributed by atoms with Gasteiger partial charge in [0.15, 0.2) is 0 Å². The largest absolute Gasteiger partial charge is 0.473 e. The molecule has 1 aliphatic heterocycles. The van der Waals surface area contributed by atoms with Crippen LogP contribution in [-0.4, -0.2) is 13.6 Å². The van der Waals surface area contributed by atoms with E-state index in [1.807, 2.05) is 19.2 Å². The Morgan fingerprint density at radius 3 is 3.18 bits per heavy atom. The van der Waals surface area contributed by atoms with Crippen LogP contribution in [0.2, 0.25) is 0 Å². The van der Waals surface area contributed by atoms with E-state index in [0.717, 1.165) is 13.0 Å². The lowest BCUT2D eigenvalue weighted by Gasteiger charge is -1.97. The number of ether oxygens (including phenoxy) is 1. The summed E-state index contributed by atoms with van der Waals surface area (Å²) in [7, 11) is 1.95. The minimum atomic E-state index is 1.00. The van der Waals surface area contributed by atoms with Crippen molar-refractivity contribution in [2.75, 3.05) is 13.6 Å². The van der Waals surface area contributed by atoms with Gasteiger partial charge in [0.1, 0.15) is 0 Å². The van der Waals surface area contributed by atoms with Crippen LogP contribution in [0.1, 0.15) is 6.42 Å². The first-order valence-corrected chi connectivity index (χ1v) is 3.76. The Morgan fingerprint density at radius 2 is 2.36 bits per heavy atom. The van der Waals surface area contributed by atoms with Crippen LogP contribution in [0.5, 0.6) is 0 Å². The SMILES string of the molecule is CNCCC1=CC=COC=C1. The van der Waals surface area contributed by atoms with Crippen molar-refractivity contribution < 1.29 is 4.74 Å². The van der Waals surface area contributed by atoms with E-state index in [1.165, 1.54) is 5.57 Å². The molecule has 0 aromatic heterocycles. The molecule has 0 spiro atoms. The lowest BCUT2D eigenvalue weighted by atomic mass is 10.2. The molecule has 1 aliphatic rings. The molecular weight excluding hydrogens is 138 g/mol. The molecule has 1 N–H and O–H groups in total. The summed E-state index contributed by atoms with van der Waals surface area (Å²) < 4.78 is 4.97. The van der Waals surface area contributed by atoms with Crippen LogP contribution >= 0.6 is 0 Å². The summed E-state index contributed by atoms with van der Waals surface area (Å²) in [6.45, 7) is 1.00. The first kappa shape index (κ1) is 8.08. The summed E-state index contributed by atoms with van der Waals surface area (Å²) in [6.07, 6.45) is 10.4. The van der Waals surface area contributed by atoms with Crippen LogP contribution in [-0.2, 0) is 4.74 Å². The summed E-state index contributed by atoms with van der Waals surface area (Å²) in [5, 5.41) is 3.10. The third-order valence-electron chi connectivity index (χ3n) is 1.49. The maximum Gasteiger partial charge on any atom is 0.0904 e. The topological polar surface area (TPSA) is 21.3 Å². The molecule has 0 aromatic carbocycles. The summed E-state index contributed by atoms with van der Waals surface area (Å²) in [6, 6.07) is 0. The highest BCUT2D eigenvalue weighted by atomic mass is 16.5. The van der Waals surface area contributed by atoms with Crippen molar-refractivity contribution in [1.29, 1.82) is 0 Å². The molecule has 0 saturated heterocycles. The number of nitrogens with one attached hydrogen (secondary N) is 1. The van der Waals surface area contributed by atoms with Gasteiger partial charge in [0.25, 0.3) is 0 Å². The third-order valence-corrected chi connectivity index (χ3v) is 1.49. The van der Waals surface area contributed by atoms with Crippen LogP contribution in [0, 0.1) is 0 Å². The van der Waals surface area contributed by atoms with Crippen molar-refractivity contribution in [2.24, 2.45) is 0 Å². The van der Waals surface area contributed by atoms with E-state index in [9.17, 15) is 0 Å². The molecule has 0 unspecified atom stereocenters. The predicted octanol–water partition coefficient (Wildman–Crippen LogP) is 1.58. The number of allylic oxidation sites excluding steroid dienone is 3. The molecule has 2 nitrogen and oxygen atoms in total. The van der Waals surface area contributed by atoms with Crippen molar-refractivity contribution >= 4 is 0 Å². The molecule has 0 amide bonds. The minimum Gasteiger partial charge on any atom is -0.473 e. The Hall–Kier alpha value is -1.02. The van der Waals surface area contributed by atoms with Gasteiger partial charge in [-0.15, -0.1) is 0 Å². The smallest absolute Gasteiger partial charge is 0.0904 e. The lowest BCUT2D eigenvalue weighted by Crippen LogP contribution is -2.07. The highest BCUT2D eigenvalue weighted by Crippen LogP contribution is 2.05. The molecule has 0 atom stereocenters. The molecule has 0 aliphatic carbocycles. The van der Waals surface area contributed by atoms with E-state index in [1.54, 1.807) is 12.5 Å². The summed E-state index contributed by atoms with van der Waals surface area (Å²) in [5.74, 6) is 0. The van der Waals surface area contributed by atoms with Gasteiger partial charge in [-0.3, -0.25) is 0 Å². The van der Waals surface area contributed by atoms with Crippen LogP contribution in [0.15, 0.2) is 36.3 Å². The minimum absolute atomic E-state index is 1.00. The maximum absolute atomic E-state index is 4.97. The van der Waals surface area contributed by atoms with Crippen LogP contribution < -0.4 is 5.32 Å². The molecule has 0 radical (unpaired) electrons. The second kappa shape index (κ2) is 4.74. The van der Waals surface area contributed by atoms with E-state index in [-0.39, 0.29) is 0 Å². The van der Waals surface area contributed by atoms with Crippen molar-refractivity contribution in [3.8, 4) is 0 Å². The quantitative estimate of drug-likeness (QED) is 0.661. The normalized spacial score (nSPS) is 15.5. The fourth-order valence-electron chi connectivity index (χ4n) is 0.872. The Morgan fingerprint density at radius 1 is 1.45 bits per heavy atom. The van der Waals surface area contributed by atoms with Gasteiger partial charge in [0.05, 0.1) is 12.5 Å². The second-order valence-corrected chi connectivity index (χ2v) is 2.36. The molecule has 0 fully saturated rings. The van der Waals surface area contributed by atoms with Crippen molar-refractivity contribution in [3.05, 3.63) is 36.3 Å². The number of rotatable bonds is 3. The zero-order valence-electron chi connectivity index (χ0n) is 6.71. The van der Waals surface area contributed by atoms with Crippen LogP contribution in [0.25, 0.3) is 0 Å². The number of hydrogen-bond acceptors (Lipinski definition) is 2. The second-order valence-electron chi connectivity index (χ2n) is 2.36. The van der Waals surface area contributed by atoms with Crippen molar-refractivity contribution in [2.45, 2.75) is 6.42 Å². The van der Waals surface area contributed by atoms with Crippen molar-refractivity contribution in [3.63, 3.8) is 0 Å². The van der Waals surface area contributed by atoms with Crippen LogP contribution in [0.4, 0.5) is 0 Å². The summed E-state index contributed by atoms with van der Waals surface area (Å²) in [4.78, 5) is 0. The molecule has 2 heteroatoms. The third kappa shape index (κ3) is 3.05. The molecular formula is C9H13NO. The molecule has 1 heterocycles. The Balaban J connectivity index is 2.42. The molecule has 0 bridgehead atoms. The van der Waals surface area contributed by atoms with Gasteiger partial charge in [-0.05, 0) is 37.7 Å². The van der Waals surface area contributed by atoms with Gasteiger partial charge in [-0.25, -0.2) is 0 Å². The Kier molecular flexibility index (Phi) is 3.48. The summed E-state index contributed by atoms with van der Waals surface area (Å²) in [5.41, 5.74) is 1.29. The monoisotopic (exact) mass is 151 g/mol. The maximum atomic E-state index is 4.97. The average molecular weight is 151 g/mol. The number of hydrogen-bond donors (Lipinski definition) is 1. The molecule has 0 aromatic rings. The highest BCUT2D eigenvalue weighted by Gasteiger charge is 1.91.